The Balaban J connectivity index is 0. The molecule has 0 rings (SSSR count). The van der Waals surface area contributed by atoms with Gasteiger partial charge in [0, 0.05) is 20.0 Å². The number of unbranched alkanes of at least 4 members (excludes halogenated alkanes) is 2. The Labute approximate surface area is 111 Å². The minimum Gasteiger partial charge on any atom is -0.466 e. The molecule has 0 heterocycles. The van der Waals surface area contributed by atoms with Gasteiger partial charge in [0.1, 0.15) is 0 Å². The van der Waals surface area contributed by atoms with Crippen LogP contribution in [-0.2, 0) is 9.53 Å². The summed E-state index contributed by atoms with van der Waals surface area (Å²) < 4.78 is 4.73. The van der Waals surface area contributed by atoms with Crippen molar-refractivity contribution in [1.29, 1.82) is 0 Å². The lowest BCUT2D eigenvalue weighted by molar-refractivity contribution is -0.140. The summed E-state index contributed by atoms with van der Waals surface area (Å²) in [5, 5.41) is 5.45. The molecule has 0 saturated carbocycles. The Bertz CT molecular complexity index is 208. The zero-order chi connectivity index (χ0) is 14.2. The fraction of sp³-hybridized carbons (Fsp3) is 0.846. The Morgan fingerprint density at radius 1 is 1.00 bits per heavy atom. The molecule has 0 atom stereocenters. The molecule has 5 nitrogen and oxygen atoms in total. The molecule has 108 valence electrons. The number of carbonyl (C=O) groups is 2. The van der Waals surface area contributed by atoms with Gasteiger partial charge in [-0.15, -0.1) is 0 Å². The average Bonchev–Trinajstić information content (AvgIpc) is 2.36. The molecule has 0 aliphatic heterocycles. The van der Waals surface area contributed by atoms with Crippen LogP contribution in [0.1, 0.15) is 53.4 Å². The first-order chi connectivity index (χ1) is 8.66. The molecule has 5 heteroatoms. The Kier molecular flexibility index (Phi) is 16.7. The Morgan fingerprint density at radius 3 is 2.06 bits per heavy atom. The smallest absolute Gasteiger partial charge is 0.314 e. The normalized spacial score (nSPS) is 8.89. The predicted octanol–water partition coefficient (Wildman–Crippen LogP) is 2.46. The van der Waals surface area contributed by atoms with E-state index in [9.17, 15) is 9.59 Å². The lowest BCUT2D eigenvalue weighted by atomic mass is 10.2. The standard InChI is InChI=1S/C11H22N2O3.C2H6/c1-3-4-5-7-12-11(15)13-8-6-9-16-10(2)14;1-2/h3-9H2,1-2H3,(H2,12,13,15);1-2H3. The summed E-state index contributed by atoms with van der Waals surface area (Å²) >= 11 is 0. The molecule has 0 aliphatic rings. The maximum Gasteiger partial charge on any atom is 0.314 e. The van der Waals surface area contributed by atoms with Gasteiger partial charge in [0.15, 0.2) is 0 Å². The van der Waals surface area contributed by atoms with Crippen LogP contribution in [0.5, 0.6) is 0 Å². The van der Waals surface area contributed by atoms with Crippen molar-refractivity contribution in [3.05, 3.63) is 0 Å². The second-order valence-corrected chi connectivity index (χ2v) is 3.58. The molecule has 0 aromatic rings. The van der Waals surface area contributed by atoms with Crippen molar-refractivity contribution in [3.8, 4) is 0 Å². The quantitative estimate of drug-likeness (QED) is 0.520. The summed E-state index contributed by atoms with van der Waals surface area (Å²) in [7, 11) is 0. The van der Waals surface area contributed by atoms with Gasteiger partial charge >= 0.3 is 12.0 Å². The topological polar surface area (TPSA) is 67.4 Å². The summed E-state index contributed by atoms with van der Waals surface area (Å²) in [4.78, 5) is 21.6. The lowest BCUT2D eigenvalue weighted by Crippen LogP contribution is -2.36. The van der Waals surface area contributed by atoms with Crippen molar-refractivity contribution < 1.29 is 14.3 Å². The van der Waals surface area contributed by atoms with Crippen LogP contribution in [0, 0.1) is 0 Å². The molecule has 0 aliphatic carbocycles. The van der Waals surface area contributed by atoms with Gasteiger partial charge < -0.3 is 15.4 Å². The monoisotopic (exact) mass is 260 g/mol. The second kappa shape index (κ2) is 15.7. The van der Waals surface area contributed by atoms with Gasteiger partial charge in [-0.25, -0.2) is 4.79 Å². The highest BCUT2D eigenvalue weighted by Crippen LogP contribution is 1.90. The minimum atomic E-state index is -0.288. The maximum atomic E-state index is 11.2. The van der Waals surface area contributed by atoms with Gasteiger partial charge in [0.2, 0.25) is 0 Å². The number of esters is 1. The van der Waals surface area contributed by atoms with Crippen LogP contribution in [0.25, 0.3) is 0 Å². The van der Waals surface area contributed by atoms with E-state index in [2.05, 4.69) is 17.6 Å². The summed E-state index contributed by atoms with van der Waals surface area (Å²) in [6, 6.07) is -0.154. The number of amides is 2. The third kappa shape index (κ3) is 17.1. The van der Waals surface area contributed by atoms with Gasteiger partial charge in [-0.3, -0.25) is 4.79 Å². The van der Waals surface area contributed by atoms with Crippen LogP contribution in [0.2, 0.25) is 0 Å². The largest absolute Gasteiger partial charge is 0.466 e. The molecule has 0 unspecified atom stereocenters. The molecule has 0 aromatic heterocycles. The highest BCUT2D eigenvalue weighted by molar-refractivity contribution is 5.73. The average molecular weight is 260 g/mol. The number of urea groups is 1. The summed E-state index contributed by atoms with van der Waals surface area (Å²) in [6.07, 6.45) is 3.93. The SMILES string of the molecule is CC.CCCCCNC(=O)NCCCOC(C)=O. The maximum absolute atomic E-state index is 11.2. The molecule has 0 bridgehead atoms. The highest BCUT2D eigenvalue weighted by Gasteiger charge is 1.98. The molecular formula is C13H28N2O3. The molecule has 0 spiro atoms. The van der Waals surface area contributed by atoms with E-state index in [0.717, 1.165) is 19.3 Å². The van der Waals surface area contributed by atoms with E-state index >= 15 is 0 Å². The zero-order valence-electron chi connectivity index (χ0n) is 12.2. The van der Waals surface area contributed by atoms with E-state index in [1.54, 1.807) is 0 Å². The van der Waals surface area contributed by atoms with Gasteiger partial charge in [0.25, 0.3) is 0 Å². The minimum absolute atomic E-state index is 0.154. The highest BCUT2D eigenvalue weighted by atomic mass is 16.5. The van der Waals surface area contributed by atoms with Crippen LogP contribution in [0.3, 0.4) is 0 Å². The summed E-state index contributed by atoms with van der Waals surface area (Å²) in [5.74, 6) is -0.288. The number of hydrogen-bond acceptors (Lipinski definition) is 3. The second-order valence-electron chi connectivity index (χ2n) is 3.58. The van der Waals surface area contributed by atoms with Crippen LogP contribution >= 0.6 is 0 Å². The molecule has 0 fully saturated rings. The summed E-state index contributed by atoms with van der Waals surface area (Å²) in [6.45, 7) is 9.07. The van der Waals surface area contributed by atoms with E-state index in [1.165, 1.54) is 6.92 Å². The van der Waals surface area contributed by atoms with Gasteiger partial charge in [0.05, 0.1) is 6.61 Å². The van der Waals surface area contributed by atoms with Gasteiger partial charge in [-0.1, -0.05) is 33.6 Å². The number of nitrogens with one attached hydrogen (secondary N) is 2. The Hall–Kier alpha value is -1.26. The number of ether oxygens (including phenoxy) is 1. The van der Waals surface area contributed by atoms with Crippen molar-refractivity contribution in [2.24, 2.45) is 0 Å². The van der Waals surface area contributed by atoms with E-state index in [4.69, 9.17) is 4.74 Å². The van der Waals surface area contributed by atoms with Crippen molar-refractivity contribution in [2.75, 3.05) is 19.7 Å². The fourth-order valence-corrected chi connectivity index (χ4v) is 1.13. The third-order valence-electron chi connectivity index (χ3n) is 1.98. The van der Waals surface area contributed by atoms with Gasteiger partial charge in [-0.2, -0.15) is 0 Å². The van der Waals surface area contributed by atoms with Crippen LogP contribution in [0.4, 0.5) is 4.79 Å². The summed E-state index contributed by atoms with van der Waals surface area (Å²) in [5.41, 5.74) is 0. The first-order valence-electron chi connectivity index (χ1n) is 6.82. The molecule has 0 aromatic carbocycles. The molecular weight excluding hydrogens is 232 g/mol. The van der Waals surface area contributed by atoms with Crippen molar-refractivity contribution >= 4 is 12.0 Å². The molecule has 18 heavy (non-hydrogen) atoms. The van der Waals surface area contributed by atoms with E-state index < -0.39 is 0 Å². The molecule has 0 radical (unpaired) electrons. The third-order valence-corrected chi connectivity index (χ3v) is 1.98. The van der Waals surface area contributed by atoms with Crippen molar-refractivity contribution in [3.63, 3.8) is 0 Å². The van der Waals surface area contributed by atoms with E-state index in [1.807, 2.05) is 13.8 Å². The fourth-order valence-electron chi connectivity index (χ4n) is 1.13. The number of rotatable bonds is 8. The zero-order valence-corrected chi connectivity index (χ0v) is 12.2. The van der Waals surface area contributed by atoms with Crippen LogP contribution < -0.4 is 10.6 Å². The van der Waals surface area contributed by atoms with Crippen LogP contribution in [0.15, 0.2) is 0 Å². The van der Waals surface area contributed by atoms with Gasteiger partial charge in [-0.05, 0) is 12.8 Å². The van der Waals surface area contributed by atoms with Crippen molar-refractivity contribution in [1.82, 2.24) is 10.6 Å². The molecule has 2 N–H and O–H groups in total. The lowest BCUT2D eigenvalue weighted by Gasteiger charge is -2.07. The number of hydrogen-bond donors (Lipinski definition) is 2. The predicted molar refractivity (Wildman–Crippen MR) is 73.5 cm³/mol. The molecule has 0 saturated heterocycles. The number of carbonyl (C=O) groups excluding carboxylic acids is 2. The van der Waals surface area contributed by atoms with Crippen LogP contribution in [-0.4, -0.2) is 31.7 Å². The first kappa shape index (κ1) is 19.1. The van der Waals surface area contributed by atoms with E-state index in [0.29, 0.717) is 26.1 Å². The Morgan fingerprint density at radius 2 is 1.56 bits per heavy atom. The van der Waals surface area contributed by atoms with Crippen molar-refractivity contribution in [2.45, 2.75) is 53.4 Å². The first-order valence-corrected chi connectivity index (χ1v) is 6.82. The van der Waals surface area contributed by atoms with E-state index in [-0.39, 0.29) is 12.0 Å². The molecule has 2 amide bonds.